The minimum atomic E-state index is 0.179. The average molecular weight is 211 g/mol. The Morgan fingerprint density at radius 2 is 2.00 bits per heavy atom. The molecular formula is C13H25NO. The molecule has 0 aromatic heterocycles. The average Bonchev–Trinajstić information content (AvgIpc) is 2.97. The number of hydrogen-bond acceptors (Lipinski definition) is 2. The molecule has 0 heterocycles. The molecule has 1 N–H and O–H groups in total. The van der Waals surface area contributed by atoms with Gasteiger partial charge in [0.05, 0.1) is 11.7 Å². The van der Waals surface area contributed by atoms with Gasteiger partial charge in [0.1, 0.15) is 0 Å². The highest BCUT2D eigenvalue weighted by molar-refractivity contribution is 4.92. The molecule has 15 heavy (non-hydrogen) atoms. The van der Waals surface area contributed by atoms with E-state index < -0.39 is 0 Å². The quantitative estimate of drug-likeness (QED) is 0.729. The lowest BCUT2D eigenvalue weighted by Gasteiger charge is -2.33. The number of rotatable bonds is 6. The van der Waals surface area contributed by atoms with E-state index in [1.165, 1.54) is 38.5 Å². The van der Waals surface area contributed by atoms with Crippen molar-refractivity contribution >= 4 is 0 Å². The summed E-state index contributed by atoms with van der Waals surface area (Å²) in [4.78, 5) is 0. The molecule has 0 aromatic carbocycles. The van der Waals surface area contributed by atoms with Gasteiger partial charge in [0, 0.05) is 12.6 Å². The molecule has 2 saturated carbocycles. The number of hydrogen-bond donors (Lipinski definition) is 1. The molecule has 2 heteroatoms. The van der Waals surface area contributed by atoms with Crippen LogP contribution in [0.25, 0.3) is 0 Å². The van der Waals surface area contributed by atoms with Gasteiger partial charge in [-0.15, -0.1) is 0 Å². The maximum Gasteiger partial charge on any atom is 0.0810 e. The van der Waals surface area contributed by atoms with Crippen molar-refractivity contribution < 1.29 is 4.74 Å². The van der Waals surface area contributed by atoms with Gasteiger partial charge in [-0.25, -0.2) is 0 Å². The monoisotopic (exact) mass is 211 g/mol. The molecule has 0 saturated heterocycles. The van der Waals surface area contributed by atoms with E-state index in [0.717, 1.165) is 19.0 Å². The molecule has 2 aliphatic rings. The molecule has 2 fully saturated rings. The Morgan fingerprint density at radius 3 is 2.53 bits per heavy atom. The normalized spacial score (nSPS) is 26.8. The number of nitrogens with one attached hydrogen (secondary N) is 1. The first-order chi connectivity index (χ1) is 7.24. The van der Waals surface area contributed by atoms with E-state index in [4.69, 9.17) is 4.74 Å². The first-order valence-electron chi connectivity index (χ1n) is 6.65. The van der Waals surface area contributed by atoms with Gasteiger partial charge in [-0.2, -0.15) is 0 Å². The Labute approximate surface area is 93.8 Å². The van der Waals surface area contributed by atoms with Crippen molar-refractivity contribution in [2.75, 3.05) is 6.54 Å². The van der Waals surface area contributed by atoms with Crippen LogP contribution >= 0.6 is 0 Å². The SMILES string of the molecule is CCC(C)OC1(CNC2CC2)CCCC1. The summed E-state index contributed by atoms with van der Waals surface area (Å²) in [6.07, 6.45) is 9.52. The van der Waals surface area contributed by atoms with Crippen LogP contribution in [0.15, 0.2) is 0 Å². The second-order valence-electron chi connectivity index (χ2n) is 5.38. The van der Waals surface area contributed by atoms with Crippen molar-refractivity contribution in [2.24, 2.45) is 0 Å². The summed E-state index contributed by atoms with van der Waals surface area (Å²) in [6.45, 7) is 5.50. The maximum absolute atomic E-state index is 6.26. The fourth-order valence-corrected chi connectivity index (χ4v) is 2.48. The van der Waals surface area contributed by atoms with Gasteiger partial charge < -0.3 is 10.1 Å². The van der Waals surface area contributed by atoms with Crippen molar-refractivity contribution in [2.45, 2.75) is 76.5 Å². The van der Waals surface area contributed by atoms with Crippen LogP contribution in [0.5, 0.6) is 0 Å². The smallest absolute Gasteiger partial charge is 0.0810 e. The van der Waals surface area contributed by atoms with E-state index in [0.29, 0.717) is 6.10 Å². The highest BCUT2D eigenvalue weighted by atomic mass is 16.5. The second-order valence-corrected chi connectivity index (χ2v) is 5.38. The van der Waals surface area contributed by atoms with Crippen LogP contribution < -0.4 is 5.32 Å². The molecular weight excluding hydrogens is 186 g/mol. The van der Waals surface area contributed by atoms with Crippen LogP contribution in [0.3, 0.4) is 0 Å². The van der Waals surface area contributed by atoms with Crippen LogP contribution in [0.1, 0.15) is 58.8 Å². The summed E-state index contributed by atoms with van der Waals surface area (Å²) >= 11 is 0. The van der Waals surface area contributed by atoms with Gasteiger partial charge in [0.25, 0.3) is 0 Å². The fraction of sp³-hybridized carbons (Fsp3) is 1.00. The Bertz CT molecular complexity index is 195. The summed E-state index contributed by atoms with van der Waals surface area (Å²) in [6, 6.07) is 0.808. The molecule has 2 aliphatic carbocycles. The second kappa shape index (κ2) is 4.84. The van der Waals surface area contributed by atoms with E-state index in [9.17, 15) is 0 Å². The molecule has 1 unspecified atom stereocenters. The van der Waals surface area contributed by atoms with Crippen LogP contribution in [0.2, 0.25) is 0 Å². The third-order valence-electron chi connectivity index (χ3n) is 3.83. The summed E-state index contributed by atoms with van der Waals surface area (Å²) in [7, 11) is 0. The summed E-state index contributed by atoms with van der Waals surface area (Å²) in [5.74, 6) is 0. The van der Waals surface area contributed by atoms with E-state index in [1.807, 2.05) is 0 Å². The van der Waals surface area contributed by atoms with Crippen LogP contribution in [0, 0.1) is 0 Å². The Morgan fingerprint density at radius 1 is 1.33 bits per heavy atom. The van der Waals surface area contributed by atoms with Gasteiger partial charge in [0.15, 0.2) is 0 Å². The molecule has 1 atom stereocenters. The van der Waals surface area contributed by atoms with Crippen molar-refractivity contribution in [1.82, 2.24) is 5.32 Å². The first kappa shape index (κ1) is 11.4. The van der Waals surface area contributed by atoms with Gasteiger partial charge in [-0.1, -0.05) is 19.8 Å². The highest BCUT2D eigenvalue weighted by Crippen LogP contribution is 2.35. The molecule has 0 aliphatic heterocycles. The van der Waals surface area contributed by atoms with Crippen molar-refractivity contribution in [3.05, 3.63) is 0 Å². The molecule has 0 spiro atoms. The van der Waals surface area contributed by atoms with Gasteiger partial charge in [-0.3, -0.25) is 0 Å². The lowest BCUT2D eigenvalue weighted by atomic mass is 10.0. The van der Waals surface area contributed by atoms with E-state index >= 15 is 0 Å². The third-order valence-corrected chi connectivity index (χ3v) is 3.83. The van der Waals surface area contributed by atoms with Crippen molar-refractivity contribution in [1.29, 1.82) is 0 Å². The van der Waals surface area contributed by atoms with Crippen molar-refractivity contribution in [3.63, 3.8) is 0 Å². The maximum atomic E-state index is 6.26. The molecule has 0 radical (unpaired) electrons. The minimum Gasteiger partial charge on any atom is -0.371 e. The predicted molar refractivity (Wildman–Crippen MR) is 63.1 cm³/mol. The lowest BCUT2D eigenvalue weighted by molar-refractivity contribution is -0.0825. The summed E-state index contributed by atoms with van der Waals surface area (Å²) in [5.41, 5.74) is 0.179. The topological polar surface area (TPSA) is 21.3 Å². The Kier molecular flexibility index (Phi) is 3.68. The van der Waals surface area contributed by atoms with Crippen LogP contribution in [-0.2, 0) is 4.74 Å². The summed E-state index contributed by atoms with van der Waals surface area (Å²) < 4.78 is 6.26. The van der Waals surface area contributed by atoms with E-state index in [2.05, 4.69) is 19.2 Å². The van der Waals surface area contributed by atoms with Crippen LogP contribution in [-0.4, -0.2) is 24.3 Å². The number of ether oxygens (including phenoxy) is 1. The predicted octanol–water partition coefficient (Wildman–Crippen LogP) is 2.87. The molecule has 0 amide bonds. The van der Waals surface area contributed by atoms with Gasteiger partial charge >= 0.3 is 0 Å². The van der Waals surface area contributed by atoms with Gasteiger partial charge in [-0.05, 0) is 39.0 Å². The Balaban J connectivity index is 1.83. The zero-order valence-electron chi connectivity index (χ0n) is 10.2. The Hall–Kier alpha value is -0.0800. The highest BCUT2D eigenvalue weighted by Gasteiger charge is 2.37. The van der Waals surface area contributed by atoms with Crippen LogP contribution in [0.4, 0.5) is 0 Å². The fourth-order valence-electron chi connectivity index (χ4n) is 2.48. The van der Waals surface area contributed by atoms with Crippen molar-refractivity contribution in [3.8, 4) is 0 Å². The standard InChI is InChI=1S/C13H25NO/c1-3-11(2)15-13(8-4-5-9-13)10-14-12-6-7-12/h11-12,14H,3-10H2,1-2H3. The first-order valence-corrected chi connectivity index (χ1v) is 6.65. The molecule has 0 aromatic rings. The minimum absolute atomic E-state index is 0.179. The summed E-state index contributed by atoms with van der Waals surface area (Å²) in [5, 5.41) is 3.64. The zero-order valence-corrected chi connectivity index (χ0v) is 10.2. The lowest BCUT2D eigenvalue weighted by Crippen LogP contribution is -2.43. The molecule has 0 bridgehead atoms. The molecule has 2 rings (SSSR count). The largest absolute Gasteiger partial charge is 0.371 e. The molecule has 2 nitrogen and oxygen atoms in total. The van der Waals surface area contributed by atoms with Gasteiger partial charge in [0.2, 0.25) is 0 Å². The zero-order chi connectivity index (χ0) is 10.7. The molecule has 88 valence electrons. The van der Waals surface area contributed by atoms with E-state index in [1.54, 1.807) is 0 Å². The third kappa shape index (κ3) is 3.18. The van der Waals surface area contributed by atoms with E-state index in [-0.39, 0.29) is 5.60 Å².